The van der Waals surface area contributed by atoms with Crippen molar-refractivity contribution in [2.24, 2.45) is 5.92 Å². The first-order valence-electron chi connectivity index (χ1n) is 9.73. The molecule has 0 radical (unpaired) electrons. The number of nitrogens with one attached hydrogen (secondary N) is 1. The van der Waals surface area contributed by atoms with Crippen LogP contribution in [0, 0.1) is 5.92 Å². The summed E-state index contributed by atoms with van der Waals surface area (Å²) in [4.78, 5) is 39.0. The topological polar surface area (TPSA) is 75.7 Å². The van der Waals surface area contributed by atoms with Crippen LogP contribution < -0.4 is 5.32 Å². The number of thioether (sulfide) groups is 1. The molecule has 1 saturated carbocycles. The minimum absolute atomic E-state index is 0.0393. The summed E-state index contributed by atoms with van der Waals surface area (Å²) < 4.78 is 5.41. The average molecular weight is 407 g/mol. The van der Waals surface area contributed by atoms with Gasteiger partial charge in [-0.3, -0.25) is 9.59 Å². The Morgan fingerprint density at radius 3 is 2.57 bits per heavy atom. The molecule has 6 nitrogen and oxygen atoms in total. The lowest BCUT2D eigenvalue weighted by Crippen LogP contribution is -2.46. The van der Waals surface area contributed by atoms with E-state index in [1.54, 1.807) is 45.3 Å². The molecule has 0 aliphatic heterocycles. The first-order valence-corrected chi connectivity index (χ1v) is 10.7. The summed E-state index contributed by atoms with van der Waals surface area (Å²) in [6.45, 7) is 3.73. The van der Waals surface area contributed by atoms with E-state index in [1.807, 2.05) is 0 Å². The normalized spacial score (nSPS) is 20.1. The van der Waals surface area contributed by atoms with E-state index in [1.165, 1.54) is 23.1 Å². The number of nitrogens with zero attached hydrogens (tertiary/aromatic N) is 1. The quantitative estimate of drug-likeness (QED) is 0.556. The van der Waals surface area contributed by atoms with Crippen LogP contribution in [0.25, 0.3) is 0 Å². The molecule has 2 rings (SSSR count). The maximum Gasteiger partial charge on any atom is 0.340 e. The van der Waals surface area contributed by atoms with Gasteiger partial charge in [0.2, 0.25) is 5.91 Å². The smallest absolute Gasteiger partial charge is 0.340 e. The van der Waals surface area contributed by atoms with Gasteiger partial charge in [0.15, 0.2) is 6.10 Å². The van der Waals surface area contributed by atoms with Crippen molar-refractivity contribution in [1.82, 2.24) is 10.2 Å². The summed E-state index contributed by atoms with van der Waals surface area (Å²) in [5.74, 6) is -0.193. The number of amides is 2. The molecule has 0 aromatic heterocycles. The van der Waals surface area contributed by atoms with Crippen LogP contribution in [0.15, 0.2) is 29.2 Å². The zero-order valence-corrected chi connectivity index (χ0v) is 17.9. The molecule has 28 heavy (non-hydrogen) atoms. The average Bonchev–Trinajstić information content (AvgIpc) is 2.67. The molecule has 1 aliphatic rings. The molecule has 0 bridgehead atoms. The fourth-order valence-electron chi connectivity index (χ4n) is 3.14. The first-order chi connectivity index (χ1) is 13.3. The van der Waals surface area contributed by atoms with Gasteiger partial charge in [0.05, 0.1) is 11.3 Å². The lowest BCUT2D eigenvalue weighted by Gasteiger charge is -2.30. The molecule has 1 aromatic rings. The maximum atomic E-state index is 12.6. The lowest BCUT2D eigenvalue weighted by molar-refractivity contribution is -0.130. The highest BCUT2D eigenvalue weighted by atomic mass is 32.2. The van der Waals surface area contributed by atoms with Gasteiger partial charge in [0, 0.05) is 25.0 Å². The van der Waals surface area contributed by atoms with Crippen LogP contribution in [0.5, 0.6) is 0 Å². The summed E-state index contributed by atoms with van der Waals surface area (Å²) >= 11 is 1.28. The Kier molecular flexibility index (Phi) is 8.35. The molecule has 1 fully saturated rings. The van der Waals surface area contributed by atoms with Crippen LogP contribution in [0.4, 0.5) is 0 Å². The number of carbonyl (C=O) groups is 3. The predicted molar refractivity (Wildman–Crippen MR) is 110 cm³/mol. The van der Waals surface area contributed by atoms with E-state index in [0.29, 0.717) is 16.4 Å². The van der Waals surface area contributed by atoms with Crippen LogP contribution in [-0.4, -0.2) is 54.7 Å². The third-order valence-corrected chi connectivity index (χ3v) is 6.11. The Bertz CT molecular complexity index is 707. The molecule has 154 valence electrons. The number of carbonyl (C=O) groups excluding carboxylic acids is 3. The fourth-order valence-corrected chi connectivity index (χ4v) is 4.16. The SMILES string of the molecule is C[C@@H](OC(=O)c1ccccc1SCC(=O)N(C)C)C(=O)N[C@@H]1CCCC[C@@H]1C. The van der Waals surface area contributed by atoms with Gasteiger partial charge in [-0.25, -0.2) is 4.79 Å². The Labute approximate surface area is 171 Å². The van der Waals surface area contributed by atoms with Gasteiger partial charge < -0.3 is 15.0 Å². The summed E-state index contributed by atoms with van der Waals surface area (Å²) in [6.07, 6.45) is 3.51. The van der Waals surface area contributed by atoms with Gasteiger partial charge in [-0.2, -0.15) is 0 Å². The highest BCUT2D eigenvalue weighted by Gasteiger charge is 2.27. The molecule has 0 unspecified atom stereocenters. The number of esters is 1. The van der Waals surface area contributed by atoms with Crippen LogP contribution >= 0.6 is 11.8 Å². The standard InChI is InChI=1S/C21H30N2O4S/c1-14-9-5-7-11-17(14)22-20(25)15(2)27-21(26)16-10-6-8-12-18(16)28-13-19(24)23(3)4/h6,8,10,12,14-15,17H,5,7,9,11,13H2,1-4H3,(H,22,25)/t14-,15+,17+/m0/s1. The van der Waals surface area contributed by atoms with Crippen molar-refractivity contribution in [2.45, 2.75) is 56.6 Å². The van der Waals surface area contributed by atoms with Gasteiger partial charge in [0.1, 0.15) is 0 Å². The summed E-state index contributed by atoms with van der Waals surface area (Å²) in [5.41, 5.74) is 0.366. The molecular weight excluding hydrogens is 376 g/mol. The molecule has 3 atom stereocenters. The van der Waals surface area contributed by atoms with Gasteiger partial charge in [-0.05, 0) is 37.8 Å². The molecule has 1 aromatic carbocycles. The van der Waals surface area contributed by atoms with Crippen LogP contribution in [0.2, 0.25) is 0 Å². The van der Waals surface area contributed by atoms with E-state index in [4.69, 9.17) is 4.74 Å². The lowest BCUT2D eigenvalue weighted by atomic mass is 9.86. The molecule has 0 saturated heterocycles. The van der Waals surface area contributed by atoms with Crippen molar-refractivity contribution in [3.05, 3.63) is 29.8 Å². The largest absolute Gasteiger partial charge is 0.449 e. The minimum atomic E-state index is -0.872. The molecule has 0 heterocycles. The second kappa shape index (κ2) is 10.5. The number of hydrogen-bond donors (Lipinski definition) is 1. The number of benzene rings is 1. The van der Waals surface area contributed by atoms with Gasteiger partial charge in [-0.1, -0.05) is 31.9 Å². The molecular formula is C21H30N2O4S. The van der Waals surface area contributed by atoms with Crippen molar-refractivity contribution in [1.29, 1.82) is 0 Å². The van der Waals surface area contributed by atoms with Crippen LogP contribution in [0.1, 0.15) is 49.9 Å². The number of hydrogen-bond acceptors (Lipinski definition) is 5. The van der Waals surface area contributed by atoms with Crippen molar-refractivity contribution >= 4 is 29.5 Å². The van der Waals surface area contributed by atoms with Crippen molar-refractivity contribution < 1.29 is 19.1 Å². The van der Waals surface area contributed by atoms with Crippen molar-refractivity contribution in [3.63, 3.8) is 0 Å². The second-order valence-corrected chi connectivity index (χ2v) is 8.51. The van der Waals surface area contributed by atoms with E-state index in [0.717, 1.165) is 19.3 Å². The van der Waals surface area contributed by atoms with E-state index in [9.17, 15) is 14.4 Å². The summed E-state index contributed by atoms with van der Waals surface area (Å²) in [5, 5.41) is 3.02. The van der Waals surface area contributed by atoms with Crippen LogP contribution in [-0.2, 0) is 14.3 Å². The van der Waals surface area contributed by atoms with Crippen molar-refractivity contribution in [3.8, 4) is 0 Å². The van der Waals surface area contributed by atoms with E-state index < -0.39 is 12.1 Å². The molecule has 1 N–H and O–H groups in total. The second-order valence-electron chi connectivity index (χ2n) is 7.50. The van der Waals surface area contributed by atoms with E-state index >= 15 is 0 Å². The third-order valence-electron chi connectivity index (χ3n) is 5.05. The molecule has 1 aliphatic carbocycles. The molecule has 2 amide bonds. The third kappa shape index (κ3) is 6.26. The summed E-state index contributed by atoms with van der Waals surface area (Å²) in [6, 6.07) is 7.11. The number of rotatable bonds is 7. The number of ether oxygens (including phenoxy) is 1. The van der Waals surface area contributed by atoms with Gasteiger partial charge >= 0.3 is 5.97 Å². The monoisotopic (exact) mass is 406 g/mol. The zero-order chi connectivity index (χ0) is 20.7. The Hall–Kier alpha value is -2.02. The first kappa shape index (κ1) is 22.3. The highest BCUT2D eigenvalue weighted by Crippen LogP contribution is 2.25. The molecule has 7 heteroatoms. The van der Waals surface area contributed by atoms with Gasteiger partial charge in [0.25, 0.3) is 5.91 Å². The van der Waals surface area contributed by atoms with Gasteiger partial charge in [-0.15, -0.1) is 11.8 Å². The minimum Gasteiger partial charge on any atom is -0.449 e. The Morgan fingerprint density at radius 1 is 1.21 bits per heavy atom. The fraction of sp³-hybridized carbons (Fsp3) is 0.571. The van der Waals surface area contributed by atoms with Crippen LogP contribution in [0.3, 0.4) is 0 Å². The predicted octanol–water partition coefficient (Wildman–Crippen LogP) is 3.11. The Balaban J connectivity index is 1.96. The zero-order valence-electron chi connectivity index (χ0n) is 17.1. The Morgan fingerprint density at radius 2 is 1.89 bits per heavy atom. The highest BCUT2D eigenvalue weighted by molar-refractivity contribution is 8.00. The summed E-state index contributed by atoms with van der Waals surface area (Å²) in [7, 11) is 3.38. The van der Waals surface area contributed by atoms with E-state index in [-0.39, 0.29) is 23.6 Å². The van der Waals surface area contributed by atoms with E-state index in [2.05, 4.69) is 12.2 Å². The molecule has 0 spiro atoms. The van der Waals surface area contributed by atoms with Crippen molar-refractivity contribution in [2.75, 3.05) is 19.8 Å². The maximum absolute atomic E-state index is 12.6.